The van der Waals surface area contributed by atoms with Crippen LogP contribution in [0.1, 0.15) is 25.8 Å². The Morgan fingerprint density at radius 3 is 2.57 bits per heavy atom. The number of nitrogens with zero attached hydrogens (tertiary/aromatic N) is 1. The van der Waals surface area contributed by atoms with Gasteiger partial charge in [-0.1, -0.05) is 25.4 Å². The van der Waals surface area contributed by atoms with Crippen molar-refractivity contribution in [2.45, 2.75) is 31.2 Å². The Balaban J connectivity index is 3.19. The number of nitriles is 1. The first kappa shape index (κ1) is 17.4. The number of halogens is 1. The van der Waals surface area contributed by atoms with Gasteiger partial charge in [-0.2, -0.15) is 5.26 Å². The van der Waals surface area contributed by atoms with Crippen LogP contribution in [0.5, 0.6) is 0 Å². The van der Waals surface area contributed by atoms with Crippen LogP contribution in [-0.4, -0.2) is 25.5 Å². The van der Waals surface area contributed by atoms with Crippen molar-refractivity contribution in [1.82, 2.24) is 4.72 Å². The van der Waals surface area contributed by atoms with E-state index in [0.29, 0.717) is 0 Å². The van der Waals surface area contributed by atoms with E-state index in [-0.39, 0.29) is 27.8 Å². The van der Waals surface area contributed by atoms with E-state index in [9.17, 15) is 13.2 Å². The van der Waals surface area contributed by atoms with Crippen LogP contribution in [-0.2, 0) is 14.8 Å². The largest absolute Gasteiger partial charge is 0.481 e. The molecule has 0 bridgehead atoms. The predicted octanol–water partition coefficient (Wildman–Crippen LogP) is 1.99. The lowest BCUT2D eigenvalue weighted by Gasteiger charge is -2.20. The molecular weight excluding hydrogens is 316 g/mol. The molecule has 0 fully saturated rings. The number of nitrogens with one attached hydrogen (secondary N) is 1. The summed E-state index contributed by atoms with van der Waals surface area (Å²) in [5.41, 5.74) is -0.0512. The summed E-state index contributed by atoms with van der Waals surface area (Å²) in [4.78, 5) is 10.5. The normalized spacial score (nSPS) is 12.9. The molecule has 0 aliphatic heterocycles. The summed E-state index contributed by atoms with van der Waals surface area (Å²) in [6.07, 6.45) is -0.348. The van der Waals surface area contributed by atoms with Crippen LogP contribution in [0.2, 0.25) is 5.02 Å². The van der Waals surface area contributed by atoms with Gasteiger partial charge < -0.3 is 5.11 Å². The lowest BCUT2D eigenvalue weighted by molar-refractivity contribution is -0.137. The Kier molecular flexibility index (Phi) is 5.72. The summed E-state index contributed by atoms with van der Waals surface area (Å²) in [7, 11) is -4.04. The Labute approximate surface area is 128 Å². The number of carbonyl (C=O) groups is 1. The van der Waals surface area contributed by atoms with Crippen molar-refractivity contribution in [3.8, 4) is 6.07 Å². The molecule has 0 spiro atoms. The summed E-state index contributed by atoms with van der Waals surface area (Å²) < 4.78 is 27.0. The molecule has 0 amide bonds. The lowest BCUT2D eigenvalue weighted by Crippen LogP contribution is -2.40. The minimum absolute atomic E-state index is 0.0512. The van der Waals surface area contributed by atoms with Gasteiger partial charge in [-0.05, 0) is 24.1 Å². The van der Waals surface area contributed by atoms with Crippen LogP contribution in [0.4, 0.5) is 0 Å². The molecule has 1 rings (SSSR count). The SMILES string of the molecule is CC(C)C(CC(=O)O)NS(=O)(=O)c1cc(Cl)ccc1C#N. The number of sulfonamides is 1. The molecule has 0 aliphatic carbocycles. The fourth-order valence-electron chi connectivity index (χ4n) is 1.68. The standard InChI is InChI=1S/C13H15ClN2O4S/c1-8(2)11(6-13(17)18)16-21(19,20)12-5-10(14)4-3-9(12)7-15/h3-5,8,11,16H,6H2,1-2H3,(H,17,18). The number of carboxylic acid groups (broad SMARTS) is 1. The van der Waals surface area contributed by atoms with E-state index < -0.39 is 22.0 Å². The average molecular weight is 331 g/mol. The van der Waals surface area contributed by atoms with E-state index in [1.165, 1.54) is 18.2 Å². The molecule has 2 N–H and O–H groups in total. The van der Waals surface area contributed by atoms with Gasteiger partial charge in [-0.15, -0.1) is 0 Å². The molecule has 0 radical (unpaired) electrons. The first-order valence-corrected chi connectivity index (χ1v) is 7.97. The van der Waals surface area contributed by atoms with E-state index in [2.05, 4.69) is 4.72 Å². The van der Waals surface area contributed by atoms with Gasteiger partial charge in [0.2, 0.25) is 10.0 Å². The van der Waals surface area contributed by atoms with Gasteiger partial charge in [0.1, 0.15) is 11.0 Å². The van der Waals surface area contributed by atoms with Gasteiger partial charge in [0.15, 0.2) is 0 Å². The van der Waals surface area contributed by atoms with Crippen LogP contribution < -0.4 is 4.72 Å². The second kappa shape index (κ2) is 6.89. The maximum absolute atomic E-state index is 12.3. The summed E-state index contributed by atoms with van der Waals surface area (Å²) >= 11 is 5.77. The van der Waals surface area contributed by atoms with Gasteiger partial charge in [-0.25, -0.2) is 13.1 Å². The van der Waals surface area contributed by atoms with Crippen molar-refractivity contribution >= 4 is 27.6 Å². The molecule has 0 heterocycles. The fourth-order valence-corrected chi connectivity index (χ4v) is 3.48. The third-order valence-corrected chi connectivity index (χ3v) is 4.62. The quantitative estimate of drug-likeness (QED) is 0.829. The second-order valence-corrected chi connectivity index (χ2v) is 6.94. The number of benzene rings is 1. The van der Waals surface area contributed by atoms with E-state index in [1.54, 1.807) is 19.9 Å². The van der Waals surface area contributed by atoms with Gasteiger partial charge in [0.05, 0.1) is 12.0 Å². The summed E-state index contributed by atoms with van der Waals surface area (Å²) in [5.74, 6) is -1.33. The molecule has 1 unspecified atom stereocenters. The first-order chi connectivity index (χ1) is 9.67. The highest BCUT2D eigenvalue weighted by Crippen LogP contribution is 2.21. The number of hydrogen-bond donors (Lipinski definition) is 2. The van der Waals surface area contributed by atoms with Crippen LogP contribution >= 0.6 is 11.6 Å². The van der Waals surface area contributed by atoms with Gasteiger partial charge in [-0.3, -0.25) is 4.79 Å². The number of carboxylic acids is 1. The van der Waals surface area contributed by atoms with Crippen LogP contribution in [0.25, 0.3) is 0 Å². The first-order valence-electron chi connectivity index (χ1n) is 6.11. The van der Waals surface area contributed by atoms with Crippen molar-refractivity contribution in [3.63, 3.8) is 0 Å². The monoisotopic (exact) mass is 330 g/mol. The van der Waals surface area contributed by atoms with Crippen molar-refractivity contribution in [1.29, 1.82) is 5.26 Å². The highest BCUT2D eigenvalue weighted by atomic mass is 35.5. The fraction of sp³-hybridized carbons (Fsp3) is 0.385. The van der Waals surface area contributed by atoms with Crippen molar-refractivity contribution < 1.29 is 18.3 Å². The predicted molar refractivity (Wildman–Crippen MR) is 77.4 cm³/mol. The molecule has 8 heteroatoms. The van der Waals surface area contributed by atoms with Crippen molar-refractivity contribution in [2.24, 2.45) is 5.92 Å². The van der Waals surface area contributed by atoms with E-state index in [1.807, 2.05) is 0 Å². The number of hydrogen-bond acceptors (Lipinski definition) is 4. The van der Waals surface area contributed by atoms with E-state index in [0.717, 1.165) is 0 Å². The molecule has 1 atom stereocenters. The Bertz CT molecular complexity index is 680. The van der Waals surface area contributed by atoms with Gasteiger partial charge >= 0.3 is 5.97 Å². The zero-order valence-corrected chi connectivity index (χ0v) is 13.1. The molecule has 0 saturated carbocycles. The van der Waals surface area contributed by atoms with Crippen LogP contribution in [0, 0.1) is 17.2 Å². The average Bonchev–Trinajstić information content (AvgIpc) is 2.37. The van der Waals surface area contributed by atoms with Crippen LogP contribution in [0.3, 0.4) is 0 Å². The highest BCUT2D eigenvalue weighted by molar-refractivity contribution is 7.89. The minimum Gasteiger partial charge on any atom is -0.481 e. The van der Waals surface area contributed by atoms with E-state index in [4.69, 9.17) is 22.0 Å². The molecule has 1 aromatic rings. The lowest BCUT2D eigenvalue weighted by atomic mass is 10.0. The Morgan fingerprint density at radius 2 is 2.10 bits per heavy atom. The maximum atomic E-state index is 12.3. The van der Waals surface area contributed by atoms with Gasteiger partial charge in [0.25, 0.3) is 0 Å². The Hall–Kier alpha value is -1.62. The molecule has 1 aromatic carbocycles. The maximum Gasteiger partial charge on any atom is 0.304 e. The van der Waals surface area contributed by atoms with Gasteiger partial charge in [0, 0.05) is 11.1 Å². The zero-order chi connectivity index (χ0) is 16.2. The Morgan fingerprint density at radius 1 is 1.48 bits per heavy atom. The number of aliphatic carboxylic acids is 1. The molecule has 0 saturated heterocycles. The topological polar surface area (TPSA) is 107 Å². The summed E-state index contributed by atoms with van der Waals surface area (Å²) in [6, 6.07) is 4.88. The zero-order valence-electron chi connectivity index (χ0n) is 11.5. The third kappa shape index (κ3) is 4.70. The molecule has 0 aromatic heterocycles. The summed E-state index contributed by atoms with van der Waals surface area (Å²) in [5, 5.41) is 18.0. The molecular formula is C13H15ClN2O4S. The smallest absolute Gasteiger partial charge is 0.304 e. The summed E-state index contributed by atoms with van der Waals surface area (Å²) in [6.45, 7) is 3.42. The third-order valence-electron chi connectivity index (χ3n) is 2.86. The highest BCUT2D eigenvalue weighted by Gasteiger charge is 2.26. The second-order valence-electron chi connectivity index (χ2n) is 4.82. The molecule has 21 heavy (non-hydrogen) atoms. The molecule has 0 aliphatic rings. The van der Waals surface area contributed by atoms with Crippen molar-refractivity contribution in [3.05, 3.63) is 28.8 Å². The molecule has 114 valence electrons. The number of rotatable bonds is 6. The van der Waals surface area contributed by atoms with Crippen molar-refractivity contribution in [2.75, 3.05) is 0 Å². The van der Waals surface area contributed by atoms with Crippen LogP contribution in [0.15, 0.2) is 23.1 Å². The minimum atomic E-state index is -4.04. The molecule has 6 nitrogen and oxygen atoms in total. The van der Waals surface area contributed by atoms with E-state index >= 15 is 0 Å².